The van der Waals surface area contributed by atoms with Crippen LogP contribution in [0.5, 0.6) is 0 Å². The molecule has 0 unspecified atom stereocenters. The number of hydrogen-bond acceptors (Lipinski definition) is 2. The van der Waals surface area contributed by atoms with Crippen molar-refractivity contribution in [2.75, 3.05) is 13.1 Å². The summed E-state index contributed by atoms with van der Waals surface area (Å²) in [5.41, 5.74) is 7.49. The molecule has 104 valence electrons. The van der Waals surface area contributed by atoms with Crippen molar-refractivity contribution in [1.82, 2.24) is 4.90 Å². The minimum Gasteiger partial charge on any atom is -0.326 e. The monoisotopic (exact) mass is 278 g/mol. The SMILES string of the molecule is N[C@@H]1CC[C@H]1N1CCC(Cc2ccc(Cl)cc2)CC1. The largest absolute Gasteiger partial charge is 0.326 e. The summed E-state index contributed by atoms with van der Waals surface area (Å²) in [5.74, 6) is 0.828. The molecule has 2 fully saturated rings. The van der Waals surface area contributed by atoms with Gasteiger partial charge in [-0.05, 0) is 68.8 Å². The third kappa shape index (κ3) is 3.13. The van der Waals surface area contributed by atoms with Gasteiger partial charge in [0.1, 0.15) is 0 Å². The lowest BCUT2D eigenvalue weighted by atomic mass is 9.82. The minimum atomic E-state index is 0.438. The van der Waals surface area contributed by atoms with Crippen molar-refractivity contribution in [3.63, 3.8) is 0 Å². The molecule has 1 heterocycles. The van der Waals surface area contributed by atoms with Crippen molar-refractivity contribution in [2.24, 2.45) is 11.7 Å². The molecule has 19 heavy (non-hydrogen) atoms. The number of halogens is 1. The van der Waals surface area contributed by atoms with Crippen LogP contribution < -0.4 is 5.73 Å². The zero-order valence-electron chi connectivity index (χ0n) is 11.4. The van der Waals surface area contributed by atoms with Gasteiger partial charge < -0.3 is 5.73 Å². The average Bonchev–Trinajstić information content (AvgIpc) is 2.42. The zero-order valence-corrected chi connectivity index (χ0v) is 12.1. The fraction of sp³-hybridized carbons (Fsp3) is 0.625. The van der Waals surface area contributed by atoms with Gasteiger partial charge in [-0.1, -0.05) is 23.7 Å². The van der Waals surface area contributed by atoms with Crippen molar-refractivity contribution in [2.45, 2.75) is 44.2 Å². The molecule has 2 N–H and O–H groups in total. The van der Waals surface area contributed by atoms with Crippen molar-refractivity contribution >= 4 is 11.6 Å². The van der Waals surface area contributed by atoms with E-state index < -0.39 is 0 Å². The van der Waals surface area contributed by atoms with Crippen LogP contribution in [0.25, 0.3) is 0 Å². The van der Waals surface area contributed by atoms with Gasteiger partial charge >= 0.3 is 0 Å². The third-order valence-corrected chi connectivity index (χ3v) is 5.10. The molecule has 1 aliphatic heterocycles. The van der Waals surface area contributed by atoms with Crippen molar-refractivity contribution in [1.29, 1.82) is 0 Å². The molecular formula is C16H23ClN2. The van der Waals surface area contributed by atoms with Crippen molar-refractivity contribution in [3.05, 3.63) is 34.9 Å². The number of hydrogen-bond donors (Lipinski definition) is 1. The summed E-state index contributed by atoms with van der Waals surface area (Å²) in [7, 11) is 0. The highest BCUT2D eigenvalue weighted by atomic mass is 35.5. The highest BCUT2D eigenvalue weighted by molar-refractivity contribution is 6.30. The second kappa shape index (κ2) is 5.82. The first kappa shape index (κ1) is 13.4. The molecule has 0 radical (unpaired) electrons. The fourth-order valence-electron chi connectivity index (χ4n) is 3.40. The molecular weight excluding hydrogens is 256 g/mol. The van der Waals surface area contributed by atoms with Crippen LogP contribution in [-0.4, -0.2) is 30.1 Å². The smallest absolute Gasteiger partial charge is 0.0406 e. The molecule has 1 saturated carbocycles. The van der Waals surface area contributed by atoms with Gasteiger partial charge in [-0.15, -0.1) is 0 Å². The first-order chi connectivity index (χ1) is 9.22. The van der Waals surface area contributed by atoms with Crippen LogP contribution >= 0.6 is 11.6 Å². The maximum absolute atomic E-state index is 6.07. The highest BCUT2D eigenvalue weighted by Gasteiger charge is 2.34. The Morgan fingerprint density at radius 2 is 1.74 bits per heavy atom. The summed E-state index contributed by atoms with van der Waals surface area (Å²) in [6.07, 6.45) is 6.35. The number of nitrogens with two attached hydrogens (primary N) is 1. The van der Waals surface area contributed by atoms with E-state index in [4.69, 9.17) is 17.3 Å². The van der Waals surface area contributed by atoms with E-state index in [1.807, 2.05) is 12.1 Å². The molecule has 2 atom stereocenters. The van der Waals surface area contributed by atoms with E-state index in [9.17, 15) is 0 Å². The number of nitrogens with zero attached hydrogens (tertiary/aromatic N) is 1. The number of benzene rings is 1. The molecule has 2 aliphatic rings. The molecule has 3 heteroatoms. The molecule has 1 aromatic carbocycles. The lowest BCUT2D eigenvalue weighted by molar-refractivity contribution is 0.0676. The minimum absolute atomic E-state index is 0.438. The Balaban J connectivity index is 1.48. The van der Waals surface area contributed by atoms with Crippen LogP contribution in [0.2, 0.25) is 5.02 Å². The molecule has 1 aromatic rings. The lowest BCUT2D eigenvalue weighted by Crippen LogP contribution is -2.56. The predicted octanol–water partition coefficient (Wildman–Crippen LogP) is 3.08. The van der Waals surface area contributed by atoms with E-state index in [0.29, 0.717) is 12.1 Å². The van der Waals surface area contributed by atoms with E-state index in [1.54, 1.807) is 0 Å². The predicted molar refractivity (Wildman–Crippen MR) is 80.5 cm³/mol. The van der Waals surface area contributed by atoms with E-state index in [-0.39, 0.29) is 0 Å². The molecule has 3 rings (SSSR count). The lowest BCUT2D eigenvalue weighted by Gasteiger charge is -2.45. The van der Waals surface area contributed by atoms with Crippen LogP contribution in [0, 0.1) is 5.92 Å². The van der Waals surface area contributed by atoms with Crippen molar-refractivity contribution < 1.29 is 0 Å². The standard InChI is InChI=1S/C16H23ClN2/c17-14-3-1-12(2-4-14)11-13-7-9-19(10-8-13)16-6-5-15(16)18/h1-4,13,15-16H,5-11,18H2/t15-,16-/m1/s1. The van der Waals surface area contributed by atoms with Crippen LogP contribution in [0.3, 0.4) is 0 Å². The molecule has 2 nitrogen and oxygen atoms in total. The maximum atomic E-state index is 6.07. The van der Waals surface area contributed by atoms with E-state index in [1.165, 1.54) is 50.8 Å². The van der Waals surface area contributed by atoms with Gasteiger partial charge in [0.15, 0.2) is 0 Å². The van der Waals surface area contributed by atoms with Crippen LogP contribution in [0.15, 0.2) is 24.3 Å². The Bertz CT molecular complexity index is 409. The topological polar surface area (TPSA) is 29.3 Å². The number of rotatable bonds is 3. The average molecular weight is 279 g/mol. The molecule has 0 spiro atoms. The second-order valence-electron chi connectivity index (χ2n) is 6.12. The Hall–Kier alpha value is -0.570. The molecule has 1 saturated heterocycles. The summed E-state index contributed by atoms with van der Waals surface area (Å²) in [4.78, 5) is 2.62. The van der Waals surface area contributed by atoms with Gasteiger partial charge in [-0.25, -0.2) is 0 Å². The molecule has 1 aliphatic carbocycles. The van der Waals surface area contributed by atoms with E-state index in [2.05, 4.69) is 17.0 Å². The van der Waals surface area contributed by atoms with E-state index >= 15 is 0 Å². The maximum Gasteiger partial charge on any atom is 0.0406 e. The van der Waals surface area contributed by atoms with Gasteiger partial charge in [0.2, 0.25) is 0 Å². The van der Waals surface area contributed by atoms with Gasteiger partial charge in [-0.2, -0.15) is 0 Å². The summed E-state index contributed by atoms with van der Waals surface area (Å²) in [5, 5.41) is 0.831. The summed E-state index contributed by atoms with van der Waals surface area (Å²) >= 11 is 5.93. The first-order valence-corrected chi connectivity index (χ1v) is 7.84. The third-order valence-electron chi connectivity index (χ3n) is 4.85. The molecule has 0 amide bonds. The molecule has 0 aromatic heterocycles. The Labute approximate surface area is 120 Å². The summed E-state index contributed by atoms with van der Waals surface area (Å²) in [6.45, 7) is 2.47. The van der Waals surface area contributed by atoms with E-state index in [0.717, 1.165) is 10.9 Å². The first-order valence-electron chi connectivity index (χ1n) is 7.46. The highest BCUT2D eigenvalue weighted by Crippen LogP contribution is 2.29. The fourth-order valence-corrected chi connectivity index (χ4v) is 3.53. The quantitative estimate of drug-likeness (QED) is 0.921. The van der Waals surface area contributed by atoms with Gasteiger partial charge in [0.05, 0.1) is 0 Å². The van der Waals surface area contributed by atoms with Gasteiger partial charge in [0.25, 0.3) is 0 Å². The zero-order chi connectivity index (χ0) is 13.2. The normalized spacial score (nSPS) is 29.2. The Morgan fingerprint density at radius 1 is 1.05 bits per heavy atom. The Kier molecular flexibility index (Phi) is 4.11. The van der Waals surface area contributed by atoms with Gasteiger partial charge in [0, 0.05) is 17.1 Å². The Morgan fingerprint density at radius 3 is 2.26 bits per heavy atom. The number of likely N-dealkylation sites (tertiary alicyclic amines) is 1. The van der Waals surface area contributed by atoms with Crippen molar-refractivity contribution in [3.8, 4) is 0 Å². The van der Waals surface area contributed by atoms with Crippen LogP contribution in [-0.2, 0) is 6.42 Å². The summed E-state index contributed by atoms with van der Waals surface area (Å²) < 4.78 is 0. The second-order valence-corrected chi connectivity index (χ2v) is 6.55. The molecule has 0 bridgehead atoms. The number of piperidine rings is 1. The summed E-state index contributed by atoms with van der Waals surface area (Å²) in [6, 6.07) is 9.44. The van der Waals surface area contributed by atoms with Gasteiger partial charge in [-0.3, -0.25) is 4.90 Å². The van der Waals surface area contributed by atoms with Crippen LogP contribution in [0.4, 0.5) is 0 Å². The van der Waals surface area contributed by atoms with Crippen LogP contribution in [0.1, 0.15) is 31.2 Å².